The molecule has 0 atom stereocenters. The molecule has 12 heteroatoms. The van der Waals surface area contributed by atoms with Crippen molar-refractivity contribution >= 4 is 11.9 Å². The molecular formula is C29H34F6N2O4. The van der Waals surface area contributed by atoms with E-state index in [2.05, 4.69) is 30.9 Å². The smallest absolute Gasteiger partial charge is 0.490 e. The number of rotatable bonds is 6. The lowest BCUT2D eigenvalue weighted by molar-refractivity contribution is -0.192. The van der Waals surface area contributed by atoms with E-state index in [1.54, 1.807) is 4.90 Å². The van der Waals surface area contributed by atoms with Crippen LogP contribution in [0.25, 0.3) is 0 Å². The maximum absolute atomic E-state index is 12.8. The molecule has 2 aromatic carbocycles. The first kappa shape index (κ1) is 32.2. The highest BCUT2D eigenvalue weighted by molar-refractivity contribution is 5.94. The lowest BCUT2D eigenvalue weighted by Crippen LogP contribution is -2.44. The number of carbonyl (C=O) groups excluding carboxylic acids is 1. The van der Waals surface area contributed by atoms with Gasteiger partial charge in [0.15, 0.2) is 0 Å². The number of carboxylic acid groups (broad SMARTS) is 1. The van der Waals surface area contributed by atoms with Crippen LogP contribution in [0.4, 0.5) is 26.3 Å². The van der Waals surface area contributed by atoms with E-state index in [0.717, 1.165) is 56.8 Å². The van der Waals surface area contributed by atoms with Gasteiger partial charge >= 0.3 is 18.3 Å². The Morgan fingerprint density at radius 1 is 0.927 bits per heavy atom. The van der Waals surface area contributed by atoms with Gasteiger partial charge in [-0.3, -0.25) is 9.69 Å². The SMILES string of the molecule is CC(C)COc1ccccc1CN1CCC2(CCN(C(=O)c3ccc(C(F)(F)F)cc3)CC2)C1.O=C(O)C(F)(F)F. The van der Waals surface area contributed by atoms with Gasteiger partial charge in [0, 0.05) is 37.3 Å². The van der Waals surface area contributed by atoms with Crippen LogP contribution in [0, 0.1) is 11.3 Å². The maximum Gasteiger partial charge on any atom is 0.490 e. The largest absolute Gasteiger partial charge is 0.493 e. The van der Waals surface area contributed by atoms with Crippen molar-refractivity contribution in [1.29, 1.82) is 0 Å². The van der Waals surface area contributed by atoms with Crippen LogP contribution >= 0.6 is 0 Å². The summed E-state index contributed by atoms with van der Waals surface area (Å²) in [6.45, 7) is 9.12. The van der Waals surface area contributed by atoms with Gasteiger partial charge < -0.3 is 14.7 Å². The first-order chi connectivity index (χ1) is 19.1. The number of aliphatic carboxylic acids is 1. The third kappa shape index (κ3) is 9.11. The molecule has 226 valence electrons. The molecule has 0 saturated carbocycles. The molecule has 0 unspecified atom stereocenters. The molecule has 41 heavy (non-hydrogen) atoms. The fourth-order valence-corrected chi connectivity index (χ4v) is 5.01. The van der Waals surface area contributed by atoms with E-state index in [9.17, 15) is 31.1 Å². The van der Waals surface area contributed by atoms with Crippen molar-refractivity contribution < 1.29 is 45.8 Å². The molecule has 0 aliphatic carbocycles. The minimum Gasteiger partial charge on any atom is -0.493 e. The minimum absolute atomic E-state index is 0.186. The highest BCUT2D eigenvalue weighted by Crippen LogP contribution is 2.41. The number of hydrogen-bond donors (Lipinski definition) is 1. The van der Waals surface area contributed by atoms with E-state index in [0.29, 0.717) is 31.2 Å². The Kier molecular flexibility index (Phi) is 10.3. The van der Waals surface area contributed by atoms with Crippen molar-refractivity contribution in [1.82, 2.24) is 9.80 Å². The molecule has 2 heterocycles. The van der Waals surface area contributed by atoms with Crippen LogP contribution in [-0.4, -0.2) is 65.7 Å². The topological polar surface area (TPSA) is 70.1 Å². The standard InChI is InChI=1S/C27H33F3N2O2.C2HF3O2/c1-20(2)18-34-24-6-4-3-5-22(24)17-31-14-11-26(19-31)12-15-32(16-13-26)25(33)21-7-9-23(10-8-21)27(28,29)30;3-2(4,5)1(6)7/h3-10,20H,11-19H2,1-2H3;(H,6,7). The van der Waals surface area contributed by atoms with Gasteiger partial charge in [-0.25, -0.2) is 4.79 Å². The average Bonchev–Trinajstić information content (AvgIpc) is 3.29. The van der Waals surface area contributed by atoms with Crippen LogP contribution in [0.15, 0.2) is 48.5 Å². The Hall–Kier alpha value is -3.28. The number of amides is 1. The molecular weight excluding hydrogens is 554 g/mol. The molecule has 1 N–H and O–H groups in total. The summed E-state index contributed by atoms with van der Waals surface area (Å²) in [6, 6.07) is 12.8. The van der Waals surface area contributed by atoms with E-state index in [4.69, 9.17) is 14.6 Å². The van der Waals surface area contributed by atoms with Crippen LogP contribution < -0.4 is 4.74 Å². The Bertz CT molecular complexity index is 1170. The number of hydrogen-bond acceptors (Lipinski definition) is 4. The molecule has 2 aromatic rings. The average molecular weight is 589 g/mol. The van der Waals surface area contributed by atoms with Gasteiger partial charge in [0.25, 0.3) is 5.91 Å². The molecule has 0 bridgehead atoms. The van der Waals surface area contributed by atoms with Crippen LogP contribution in [0.1, 0.15) is 54.6 Å². The number of likely N-dealkylation sites (tertiary alicyclic amines) is 2. The second-order valence-corrected chi connectivity index (χ2v) is 10.9. The number of carboxylic acids is 1. The summed E-state index contributed by atoms with van der Waals surface area (Å²) in [6.07, 6.45) is -6.54. The van der Waals surface area contributed by atoms with Crippen LogP contribution in [0.3, 0.4) is 0 Å². The van der Waals surface area contributed by atoms with E-state index >= 15 is 0 Å². The molecule has 2 aliphatic rings. The van der Waals surface area contributed by atoms with Gasteiger partial charge in [-0.1, -0.05) is 32.0 Å². The first-order valence-electron chi connectivity index (χ1n) is 13.3. The predicted octanol–water partition coefficient (Wildman–Crippen LogP) is 6.50. The number of carbonyl (C=O) groups is 2. The Morgan fingerprint density at radius 3 is 2.02 bits per heavy atom. The van der Waals surface area contributed by atoms with E-state index in [1.165, 1.54) is 17.7 Å². The van der Waals surface area contributed by atoms with Crippen LogP contribution in [0.5, 0.6) is 5.75 Å². The Balaban J connectivity index is 0.000000587. The number of benzene rings is 2. The molecule has 6 nitrogen and oxygen atoms in total. The lowest BCUT2D eigenvalue weighted by Gasteiger charge is -2.39. The molecule has 2 saturated heterocycles. The molecule has 0 aromatic heterocycles. The van der Waals surface area contributed by atoms with E-state index in [-0.39, 0.29) is 11.3 Å². The summed E-state index contributed by atoms with van der Waals surface area (Å²) in [5.41, 5.74) is 0.985. The summed E-state index contributed by atoms with van der Waals surface area (Å²) < 4.78 is 76.2. The fraction of sp³-hybridized carbons (Fsp3) is 0.517. The number of nitrogens with zero attached hydrogens (tertiary/aromatic N) is 2. The fourth-order valence-electron chi connectivity index (χ4n) is 5.01. The van der Waals surface area contributed by atoms with Crippen molar-refractivity contribution in [2.24, 2.45) is 11.3 Å². The highest BCUT2D eigenvalue weighted by Gasteiger charge is 2.41. The monoisotopic (exact) mass is 588 g/mol. The van der Waals surface area contributed by atoms with Gasteiger partial charge in [-0.15, -0.1) is 0 Å². The number of piperidine rings is 1. The van der Waals surface area contributed by atoms with Crippen LogP contribution in [0.2, 0.25) is 0 Å². The summed E-state index contributed by atoms with van der Waals surface area (Å²) in [5.74, 6) is -1.52. The Labute approximate surface area is 234 Å². The van der Waals surface area contributed by atoms with E-state index in [1.807, 2.05) is 12.1 Å². The zero-order chi connectivity index (χ0) is 30.4. The number of halogens is 6. The van der Waals surface area contributed by atoms with Crippen LogP contribution in [-0.2, 0) is 17.5 Å². The summed E-state index contributed by atoms with van der Waals surface area (Å²) in [7, 11) is 0. The third-order valence-electron chi connectivity index (χ3n) is 7.27. The van der Waals surface area contributed by atoms with Crippen molar-refractivity contribution in [2.75, 3.05) is 32.8 Å². The molecule has 0 radical (unpaired) electrons. The normalized spacial score (nSPS) is 17.3. The number of para-hydroxylation sites is 1. The van der Waals surface area contributed by atoms with E-state index < -0.39 is 23.9 Å². The molecule has 1 amide bonds. The lowest BCUT2D eigenvalue weighted by atomic mass is 9.77. The van der Waals surface area contributed by atoms with Gasteiger partial charge in [0.05, 0.1) is 12.2 Å². The highest BCUT2D eigenvalue weighted by atomic mass is 19.4. The van der Waals surface area contributed by atoms with Gasteiger partial charge in [0.2, 0.25) is 0 Å². The zero-order valence-corrected chi connectivity index (χ0v) is 22.9. The first-order valence-corrected chi connectivity index (χ1v) is 13.3. The number of ether oxygens (including phenoxy) is 1. The summed E-state index contributed by atoms with van der Waals surface area (Å²) in [5, 5.41) is 7.12. The second kappa shape index (κ2) is 13.1. The molecule has 1 spiro atoms. The summed E-state index contributed by atoms with van der Waals surface area (Å²) >= 11 is 0. The zero-order valence-electron chi connectivity index (χ0n) is 22.9. The van der Waals surface area contributed by atoms with Crippen molar-refractivity contribution in [3.63, 3.8) is 0 Å². The van der Waals surface area contributed by atoms with Crippen molar-refractivity contribution in [3.05, 3.63) is 65.2 Å². The minimum atomic E-state index is -5.08. The van der Waals surface area contributed by atoms with Gasteiger partial charge in [-0.05, 0) is 67.5 Å². The quantitative estimate of drug-likeness (QED) is 0.390. The predicted molar refractivity (Wildman–Crippen MR) is 139 cm³/mol. The number of alkyl halides is 6. The van der Waals surface area contributed by atoms with Gasteiger partial charge in [-0.2, -0.15) is 26.3 Å². The van der Waals surface area contributed by atoms with Crippen molar-refractivity contribution in [2.45, 2.75) is 52.0 Å². The third-order valence-corrected chi connectivity index (χ3v) is 7.27. The Morgan fingerprint density at radius 2 is 1.49 bits per heavy atom. The van der Waals surface area contributed by atoms with Gasteiger partial charge in [0.1, 0.15) is 5.75 Å². The molecule has 4 rings (SSSR count). The molecule has 2 fully saturated rings. The second-order valence-electron chi connectivity index (χ2n) is 10.9. The molecule has 2 aliphatic heterocycles. The summed E-state index contributed by atoms with van der Waals surface area (Å²) in [4.78, 5) is 26.0. The van der Waals surface area contributed by atoms with Crippen molar-refractivity contribution in [3.8, 4) is 5.75 Å². The maximum atomic E-state index is 12.8.